The van der Waals surface area contributed by atoms with Crippen LogP contribution >= 0.6 is 0 Å². The summed E-state index contributed by atoms with van der Waals surface area (Å²) in [6, 6.07) is 25.5. The Hall–Kier alpha value is -3.40. The molecular weight excluding hydrogens is 384 g/mol. The van der Waals surface area contributed by atoms with Gasteiger partial charge < -0.3 is 10.2 Å². The van der Waals surface area contributed by atoms with Gasteiger partial charge in [-0.1, -0.05) is 60.2 Å². The van der Waals surface area contributed by atoms with Gasteiger partial charge in [0.1, 0.15) is 0 Å². The highest BCUT2D eigenvalue weighted by Gasteiger charge is 2.26. The highest BCUT2D eigenvalue weighted by atomic mass is 16.2. The quantitative estimate of drug-likeness (QED) is 0.645. The third-order valence-electron chi connectivity index (χ3n) is 5.92. The molecule has 2 amide bonds. The van der Waals surface area contributed by atoms with Crippen molar-refractivity contribution in [1.82, 2.24) is 10.2 Å². The summed E-state index contributed by atoms with van der Waals surface area (Å²) in [7, 11) is 0. The summed E-state index contributed by atoms with van der Waals surface area (Å²) in [6.07, 6.45) is 1.99. The smallest absolute Gasteiger partial charge is 0.253 e. The van der Waals surface area contributed by atoms with Gasteiger partial charge in [-0.15, -0.1) is 0 Å². The molecule has 31 heavy (non-hydrogen) atoms. The zero-order chi connectivity index (χ0) is 21.6. The molecule has 1 aliphatic rings. The number of amides is 2. The van der Waals surface area contributed by atoms with Crippen LogP contribution in [0.5, 0.6) is 0 Å². The van der Waals surface area contributed by atoms with E-state index in [1.54, 1.807) is 0 Å². The first-order chi connectivity index (χ1) is 15.1. The Labute approximate surface area is 183 Å². The van der Waals surface area contributed by atoms with E-state index >= 15 is 0 Å². The summed E-state index contributed by atoms with van der Waals surface area (Å²) in [4.78, 5) is 27.6. The van der Waals surface area contributed by atoms with Crippen LogP contribution in [0.2, 0.25) is 0 Å². The van der Waals surface area contributed by atoms with Crippen LogP contribution in [0, 0.1) is 6.92 Å². The number of hydrogen-bond donors (Lipinski definition) is 1. The molecule has 1 heterocycles. The molecule has 4 heteroatoms. The number of rotatable bonds is 5. The molecule has 0 radical (unpaired) electrons. The zero-order valence-corrected chi connectivity index (χ0v) is 17.9. The Bertz CT molecular complexity index is 1040. The molecule has 1 saturated heterocycles. The predicted octanol–water partition coefficient (Wildman–Crippen LogP) is 4.94. The highest BCUT2D eigenvalue weighted by Crippen LogP contribution is 2.28. The molecule has 4 nitrogen and oxygen atoms in total. The Kier molecular flexibility index (Phi) is 6.46. The van der Waals surface area contributed by atoms with Crippen LogP contribution in [-0.2, 0) is 6.54 Å². The van der Waals surface area contributed by atoms with Gasteiger partial charge in [-0.3, -0.25) is 9.59 Å². The second-order valence-corrected chi connectivity index (χ2v) is 8.25. The number of nitrogens with one attached hydrogen (secondary N) is 1. The average Bonchev–Trinajstić information content (AvgIpc) is 2.83. The van der Waals surface area contributed by atoms with Gasteiger partial charge in [0, 0.05) is 36.7 Å². The van der Waals surface area contributed by atoms with E-state index in [9.17, 15) is 9.59 Å². The SMILES string of the molecule is Cc1ccc(C(=O)N2CCCC(c3cccc(C(=O)NCc4ccccc4)c3)C2)cc1. The molecule has 1 N–H and O–H groups in total. The van der Waals surface area contributed by atoms with E-state index in [4.69, 9.17) is 0 Å². The summed E-state index contributed by atoms with van der Waals surface area (Å²) in [5.41, 5.74) is 4.74. The molecular formula is C27H28N2O2. The average molecular weight is 413 g/mol. The molecule has 1 fully saturated rings. The fourth-order valence-corrected chi connectivity index (χ4v) is 4.13. The molecule has 0 bridgehead atoms. The third-order valence-corrected chi connectivity index (χ3v) is 5.92. The minimum atomic E-state index is -0.0749. The van der Waals surface area contributed by atoms with Crippen molar-refractivity contribution in [1.29, 1.82) is 0 Å². The van der Waals surface area contributed by atoms with Gasteiger partial charge in [-0.2, -0.15) is 0 Å². The van der Waals surface area contributed by atoms with Crippen molar-refractivity contribution in [2.45, 2.75) is 32.2 Å². The lowest BCUT2D eigenvalue weighted by Crippen LogP contribution is -2.39. The van der Waals surface area contributed by atoms with Crippen LogP contribution in [0.15, 0.2) is 78.9 Å². The molecule has 0 aliphatic carbocycles. The number of likely N-dealkylation sites (tertiary alicyclic amines) is 1. The van der Waals surface area contributed by atoms with Crippen molar-refractivity contribution in [3.05, 3.63) is 107 Å². The van der Waals surface area contributed by atoms with Gasteiger partial charge in [-0.25, -0.2) is 0 Å². The number of hydrogen-bond acceptors (Lipinski definition) is 2. The fourth-order valence-electron chi connectivity index (χ4n) is 4.13. The Balaban J connectivity index is 1.42. The number of carbonyl (C=O) groups excluding carboxylic acids is 2. The second-order valence-electron chi connectivity index (χ2n) is 8.25. The molecule has 0 aromatic heterocycles. The summed E-state index contributed by atoms with van der Waals surface area (Å²) in [5, 5.41) is 2.99. The number of nitrogens with zero attached hydrogens (tertiary/aromatic N) is 1. The topological polar surface area (TPSA) is 49.4 Å². The summed E-state index contributed by atoms with van der Waals surface area (Å²) in [5.74, 6) is 0.251. The van der Waals surface area contributed by atoms with E-state index < -0.39 is 0 Å². The number of piperidine rings is 1. The first-order valence-electron chi connectivity index (χ1n) is 10.9. The monoisotopic (exact) mass is 412 g/mol. The second kappa shape index (κ2) is 9.61. The molecule has 3 aromatic rings. The van der Waals surface area contributed by atoms with Crippen molar-refractivity contribution in [2.75, 3.05) is 13.1 Å². The summed E-state index contributed by atoms with van der Waals surface area (Å²) in [6.45, 7) is 3.99. The molecule has 158 valence electrons. The zero-order valence-electron chi connectivity index (χ0n) is 17.9. The molecule has 4 rings (SSSR count). The lowest BCUT2D eigenvalue weighted by atomic mass is 9.89. The van der Waals surface area contributed by atoms with Gasteiger partial charge >= 0.3 is 0 Å². The molecule has 0 saturated carbocycles. The van der Waals surface area contributed by atoms with E-state index in [0.29, 0.717) is 18.7 Å². The van der Waals surface area contributed by atoms with Crippen LogP contribution in [0.4, 0.5) is 0 Å². The molecule has 3 aromatic carbocycles. The summed E-state index contributed by atoms with van der Waals surface area (Å²) >= 11 is 0. The lowest BCUT2D eigenvalue weighted by molar-refractivity contribution is 0.0706. The number of carbonyl (C=O) groups is 2. The van der Waals surface area contributed by atoms with Crippen molar-refractivity contribution in [3.63, 3.8) is 0 Å². The van der Waals surface area contributed by atoms with E-state index in [2.05, 4.69) is 11.4 Å². The van der Waals surface area contributed by atoms with Crippen molar-refractivity contribution in [3.8, 4) is 0 Å². The van der Waals surface area contributed by atoms with E-state index in [0.717, 1.165) is 41.6 Å². The molecule has 0 spiro atoms. The third kappa shape index (κ3) is 5.21. The van der Waals surface area contributed by atoms with Crippen molar-refractivity contribution in [2.24, 2.45) is 0 Å². The predicted molar refractivity (Wildman–Crippen MR) is 123 cm³/mol. The van der Waals surface area contributed by atoms with Gasteiger partial charge in [-0.05, 0) is 55.2 Å². The van der Waals surface area contributed by atoms with E-state index in [-0.39, 0.29) is 17.7 Å². The number of aryl methyl sites for hydroxylation is 1. The van der Waals surface area contributed by atoms with Crippen molar-refractivity contribution >= 4 is 11.8 Å². The first-order valence-corrected chi connectivity index (χ1v) is 10.9. The lowest BCUT2D eigenvalue weighted by Gasteiger charge is -2.33. The molecule has 1 atom stereocenters. The van der Waals surface area contributed by atoms with Crippen LogP contribution in [0.1, 0.15) is 56.2 Å². The van der Waals surface area contributed by atoms with Crippen LogP contribution in [0.25, 0.3) is 0 Å². The Morgan fingerprint density at radius 2 is 1.71 bits per heavy atom. The Morgan fingerprint density at radius 3 is 2.48 bits per heavy atom. The highest BCUT2D eigenvalue weighted by molar-refractivity contribution is 5.95. The fraction of sp³-hybridized carbons (Fsp3) is 0.259. The normalized spacial score (nSPS) is 16.0. The molecule has 1 aliphatic heterocycles. The largest absolute Gasteiger partial charge is 0.348 e. The van der Waals surface area contributed by atoms with E-state index in [1.165, 1.54) is 0 Å². The summed E-state index contributed by atoms with van der Waals surface area (Å²) < 4.78 is 0. The van der Waals surface area contributed by atoms with Crippen LogP contribution in [-0.4, -0.2) is 29.8 Å². The number of benzene rings is 3. The molecule has 1 unspecified atom stereocenters. The maximum atomic E-state index is 12.9. The minimum Gasteiger partial charge on any atom is -0.348 e. The van der Waals surface area contributed by atoms with Gasteiger partial charge in [0.05, 0.1) is 0 Å². The van der Waals surface area contributed by atoms with Crippen LogP contribution < -0.4 is 5.32 Å². The van der Waals surface area contributed by atoms with Gasteiger partial charge in [0.25, 0.3) is 11.8 Å². The standard InChI is InChI=1S/C27H28N2O2/c1-20-12-14-22(15-13-20)27(31)29-16-6-11-25(19-29)23-9-5-10-24(17-23)26(30)28-18-21-7-3-2-4-8-21/h2-5,7-10,12-15,17,25H,6,11,16,18-19H2,1H3,(H,28,30). The minimum absolute atomic E-state index is 0.0749. The van der Waals surface area contributed by atoms with Crippen LogP contribution in [0.3, 0.4) is 0 Å². The first kappa shape index (κ1) is 20.9. The van der Waals surface area contributed by atoms with Gasteiger partial charge in [0.2, 0.25) is 0 Å². The van der Waals surface area contributed by atoms with E-state index in [1.807, 2.05) is 84.6 Å². The van der Waals surface area contributed by atoms with Gasteiger partial charge in [0.15, 0.2) is 0 Å². The maximum Gasteiger partial charge on any atom is 0.253 e. The maximum absolute atomic E-state index is 12.9. The van der Waals surface area contributed by atoms with Crippen molar-refractivity contribution < 1.29 is 9.59 Å². The Morgan fingerprint density at radius 1 is 0.935 bits per heavy atom.